The molecular formula is C17H25N3O3S. The van der Waals surface area contributed by atoms with Gasteiger partial charge in [-0.2, -0.15) is 0 Å². The monoisotopic (exact) mass is 351 g/mol. The number of rotatable bonds is 4. The van der Waals surface area contributed by atoms with Gasteiger partial charge in [0.25, 0.3) is 0 Å². The minimum absolute atomic E-state index is 0.0646. The van der Waals surface area contributed by atoms with E-state index in [1.165, 1.54) is 5.69 Å². The van der Waals surface area contributed by atoms with E-state index in [4.69, 9.17) is 0 Å². The molecule has 2 saturated heterocycles. The lowest BCUT2D eigenvalue weighted by Crippen LogP contribution is -2.55. The van der Waals surface area contributed by atoms with E-state index in [-0.39, 0.29) is 29.5 Å². The maximum atomic E-state index is 12.4. The van der Waals surface area contributed by atoms with E-state index in [1.807, 2.05) is 25.1 Å². The van der Waals surface area contributed by atoms with Crippen molar-refractivity contribution in [2.45, 2.75) is 25.4 Å². The lowest BCUT2D eigenvalue weighted by Gasteiger charge is -2.38. The van der Waals surface area contributed by atoms with Crippen LogP contribution in [0.1, 0.15) is 13.3 Å². The van der Waals surface area contributed by atoms with Crippen molar-refractivity contribution in [2.75, 3.05) is 42.6 Å². The van der Waals surface area contributed by atoms with Gasteiger partial charge >= 0.3 is 0 Å². The van der Waals surface area contributed by atoms with Crippen LogP contribution < -0.4 is 10.2 Å². The number of anilines is 1. The van der Waals surface area contributed by atoms with Crippen LogP contribution in [0.3, 0.4) is 0 Å². The van der Waals surface area contributed by atoms with Crippen molar-refractivity contribution in [1.29, 1.82) is 0 Å². The molecule has 132 valence electrons. The molecule has 0 spiro atoms. The summed E-state index contributed by atoms with van der Waals surface area (Å²) in [6.07, 6.45) is 0.530. The standard InChI is InChI=1S/C17H25N3O3S/c1-14(17(21)18-15-7-12-24(22,23)13-15)19-8-10-20(11-9-19)16-5-3-2-4-6-16/h2-6,14-15H,7-13H2,1H3,(H,18,21)/t14-,15+/m0/s1. The third-order valence-corrected chi connectivity index (χ3v) is 6.71. The first-order valence-electron chi connectivity index (χ1n) is 8.49. The van der Waals surface area contributed by atoms with E-state index in [2.05, 4.69) is 27.2 Å². The normalized spacial score (nSPS) is 25.4. The van der Waals surface area contributed by atoms with Crippen LogP contribution in [0.4, 0.5) is 5.69 Å². The van der Waals surface area contributed by atoms with Crippen LogP contribution in [0.2, 0.25) is 0 Å². The molecule has 2 aliphatic rings. The average Bonchev–Trinajstić information content (AvgIpc) is 2.93. The van der Waals surface area contributed by atoms with Gasteiger partial charge in [-0.3, -0.25) is 9.69 Å². The number of hydrogen-bond donors (Lipinski definition) is 1. The molecule has 0 aliphatic carbocycles. The summed E-state index contributed by atoms with van der Waals surface area (Å²) in [6.45, 7) is 5.33. The molecule has 1 aromatic rings. The zero-order valence-corrected chi connectivity index (χ0v) is 14.8. The van der Waals surface area contributed by atoms with Crippen molar-refractivity contribution in [1.82, 2.24) is 10.2 Å². The summed E-state index contributed by atoms with van der Waals surface area (Å²) in [5, 5.41) is 2.90. The largest absolute Gasteiger partial charge is 0.369 e. The van der Waals surface area contributed by atoms with Crippen molar-refractivity contribution in [3.05, 3.63) is 30.3 Å². The summed E-state index contributed by atoms with van der Waals surface area (Å²) >= 11 is 0. The molecular weight excluding hydrogens is 326 g/mol. The topological polar surface area (TPSA) is 69.7 Å². The lowest BCUT2D eigenvalue weighted by molar-refractivity contribution is -0.126. The van der Waals surface area contributed by atoms with Gasteiger partial charge in [0.2, 0.25) is 5.91 Å². The zero-order valence-electron chi connectivity index (χ0n) is 14.0. The van der Waals surface area contributed by atoms with Crippen molar-refractivity contribution in [3.63, 3.8) is 0 Å². The molecule has 1 N–H and O–H groups in total. The predicted molar refractivity (Wildman–Crippen MR) is 94.9 cm³/mol. The summed E-state index contributed by atoms with van der Waals surface area (Å²) < 4.78 is 23.0. The van der Waals surface area contributed by atoms with Gasteiger partial charge in [0, 0.05) is 37.9 Å². The van der Waals surface area contributed by atoms with Gasteiger partial charge in [0.05, 0.1) is 17.5 Å². The highest BCUT2D eigenvalue weighted by Gasteiger charge is 2.32. The molecule has 2 heterocycles. The number of para-hydroxylation sites is 1. The van der Waals surface area contributed by atoms with Crippen LogP contribution in [0.5, 0.6) is 0 Å². The number of amides is 1. The third kappa shape index (κ3) is 4.08. The smallest absolute Gasteiger partial charge is 0.237 e. The summed E-state index contributed by atoms with van der Waals surface area (Å²) in [6, 6.07) is 9.83. The Balaban J connectivity index is 1.50. The third-order valence-electron chi connectivity index (χ3n) is 4.94. The molecule has 24 heavy (non-hydrogen) atoms. The molecule has 2 fully saturated rings. The number of piperazine rings is 1. The summed E-state index contributed by atoms with van der Waals surface area (Å²) in [4.78, 5) is 16.9. The number of nitrogens with zero attached hydrogens (tertiary/aromatic N) is 2. The van der Waals surface area contributed by atoms with Crippen molar-refractivity contribution in [2.24, 2.45) is 0 Å². The molecule has 0 aromatic heterocycles. The molecule has 0 saturated carbocycles. The van der Waals surface area contributed by atoms with Gasteiger partial charge in [0.15, 0.2) is 9.84 Å². The first kappa shape index (κ1) is 17.2. The van der Waals surface area contributed by atoms with Crippen LogP contribution in [0.15, 0.2) is 30.3 Å². The second kappa shape index (κ2) is 7.11. The number of nitrogens with one attached hydrogen (secondary N) is 1. The Morgan fingerprint density at radius 1 is 1.17 bits per heavy atom. The summed E-state index contributed by atoms with van der Waals surface area (Å²) in [5.41, 5.74) is 1.21. The Hall–Kier alpha value is -1.60. The van der Waals surface area contributed by atoms with Gasteiger partial charge in [-0.05, 0) is 25.5 Å². The quantitative estimate of drug-likeness (QED) is 0.855. The van der Waals surface area contributed by atoms with Gasteiger partial charge < -0.3 is 10.2 Å². The SMILES string of the molecule is C[C@@H](C(=O)N[C@@H]1CCS(=O)(=O)C1)N1CCN(c2ccccc2)CC1. The van der Waals surface area contributed by atoms with E-state index >= 15 is 0 Å². The molecule has 3 rings (SSSR count). The fraction of sp³-hybridized carbons (Fsp3) is 0.588. The number of carbonyl (C=O) groups is 1. The van der Waals surface area contributed by atoms with E-state index in [9.17, 15) is 13.2 Å². The maximum Gasteiger partial charge on any atom is 0.237 e. The second-order valence-corrected chi connectivity index (χ2v) is 8.87. The predicted octanol–water partition coefficient (Wildman–Crippen LogP) is 0.500. The minimum Gasteiger partial charge on any atom is -0.369 e. The molecule has 0 unspecified atom stereocenters. The van der Waals surface area contributed by atoms with Crippen molar-refractivity contribution >= 4 is 21.4 Å². The Morgan fingerprint density at radius 3 is 2.42 bits per heavy atom. The number of carbonyl (C=O) groups excluding carboxylic acids is 1. The van der Waals surface area contributed by atoms with Crippen LogP contribution in [-0.4, -0.2) is 69.0 Å². The molecule has 2 atom stereocenters. The van der Waals surface area contributed by atoms with Gasteiger partial charge in [0.1, 0.15) is 0 Å². The van der Waals surface area contributed by atoms with E-state index in [0.717, 1.165) is 26.2 Å². The zero-order chi connectivity index (χ0) is 17.2. The highest BCUT2D eigenvalue weighted by Crippen LogP contribution is 2.17. The fourth-order valence-corrected chi connectivity index (χ4v) is 5.08. The molecule has 1 amide bonds. The molecule has 0 radical (unpaired) electrons. The van der Waals surface area contributed by atoms with Crippen molar-refractivity contribution < 1.29 is 13.2 Å². The van der Waals surface area contributed by atoms with Crippen LogP contribution in [-0.2, 0) is 14.6 Å². The molecule has 0 bridgehead atoms. The Kier molecular flexibility index (Phi) is 5.10. The first-order chi connectivity index (χ1) is 11.4. The Morgan fingerprint density at radius 2 is 1.83 bits per heavy atom. The highest BCUT2D eigenvalue weighted by molar-refractivity contribution is 7.91. The van der Waals surface area contributed by atoms with Crippen molar-refractivity contribution in [3.8, 4) is 0 Å². The molecule has 2 aliphatic heterocycles. The Labute approximate surface area is 143 Å². The van der Waals surface area contributed by atoms with Gasteiger partial charge in [-0.1, -0.05) is 18.2 Å². The minimum atomic E-state index is -2.96. The van der Waals surface area contributed by atoms with E-state index < -0.39 is 9.84 Å². The van der Waals surface area contributed by atoms with Crippen LogP contribution in [0.25, 0.3) is 0 Å². The molecule has 6 nitrogen and oxygen atoms in total. The maximum absolute atomic E-state index is 12.4. The fourth-order valence-electron chi connectivity index (χ4n) is 3.40. The molecule has 1 aromatic carbocycles. The van der Waals surface area contributed by atoms with Crippen LogP contribution in [0, 0.1) is 0 Å². The van der Waals surface area contributed by atoms with E-state index in [0.29, 0.717) is 6.42 Å². The molecule has 7 heteroatoms. The first-order valence-corrected chi connectivity index (χ1v) is 10.3. The van der Waals surface area contributed by atoms with Gasteiger partial charge in [-0.15, -0.1) is 0 Å². The van der Waals surface area contributed by atoms with Crippen LogP contribution >= 0.6 is 0 Å². The second-order valence-electron chi connectivity index (χ2n) is 6.64. The number of sulfone groups is 1. The number of benzene rings is 1. The Bertz CT molecular complexity index is 670. The van der Waals surface area contributed by atoms with Gasteiger partial charge in [-0.25, -0.2) is 8.42 Å². The number of hydrogen-bond acceptors (Lipinski definition) is 5. The van der Waals surface area contributed by atoms with E-state index in [1.54, 1.807) is 0 Å². The summed E-state index contributed by atoms with van der Waals surface area (Å²) in [7, 11) is -2.96. The lowest BCUT2D eigenvalue weighted by atomic mass is 10.1. The summed E-state index contributed by atoms with van der Waals surface area (Å²) in [5.74, 6) is 0.195. The average molecular weight is 351 g/mol. The highest BCUT2D eigenvalue weighted by atomic mass is 32.2.